The molecule has 1 aliphatic heterocycles. The summed E-state index contributed by atoms with van der Waals surface area (Å²) < 4.78 is 5.36. The number of hydrogen-bond acceptors (Lipinski definition) is 3. The van der Waals surface area contributed by atoms with E-state index in [1.165, 1.54) is 0 Å². The molecule has 3 rings (SSSR count). The lowest BCUT2D eigenvalue weighted by Gasteiger charge is -2.23. The SMILES string of the molecule is N#C[C@@H](NC(=O)[C@@H]1CC12CCOCC2)c1ccc(Cl)cc1. The highest BCUT2D eigenvalue weighted by atomic mass is 35.5. The van der Waals surface area contributed by atoms with Crippen molar-refractivity contribution >= 4 is 17.5 Å². The highest BCUT2D eigenvalue weighted by molar-refractivity contribution is 6.30. The Morgan fingerprint density at radius 1 is 1.38 bits per heavy atom. The number of rotatable bonds is 3. The second-order valence-electron chi connectivity index (χ2n) is 5.85. The molecule has 4 nitrogen and oxygen atoms in total. The van der Waals surface area contributed by atoms with Gasteiger partial charge in [-0.05, 0) is 42.4 Å². The maximum atomic E-state index is 12.4. The molecular formula is C16H17ClN2O2. The number of carbonyl (C=O) groups is 1. The number of benzene rings is 1. The maximum absolute atomic E-state index is 12.4. The molecule has 0 radical (unpaired) electrons. The van der Waals surface area contributed by atoms with Crippen LogP contribution in [0, 0.1) is 22.7 Å². The van der Waals surface area contributed by atoms with Crippen molar-refractivity contribution in [3.63, 3.8) is 0 Å². The smallest absolute Gasteiger partial charge is 0.224 e. The molecule has 1 amide bonds. The summed E-state index contributed by atoms with van der Waals surface area (Å²) in [6.45, 7) is 1.48. The van der Waals surface area contributed by atoms with Crippen LogP contribution in [-0.2, 0) is 9.53 Å². The minimum Gasteiger partial charge on any atom is -0.381 e. The first-order valence-corrected chi connectivity index (χ1v) is 7.56. The standard InChI is InChI=1S/C16H17ClN2O2/c17-12-3-1-11(2-4-12)14(10-18)19-15(20)13-9-16(13)5-7-21-8-6-16/h1-4,13-14H,5-9H2,(H,19,20)/t13-,14+/m0/s1. The highest BCUT2D eigenvalue weighted by Gasteiger charge is 2.58. The topological polar surface area (TPSA) is 62.1 Å². The number of ether oxygens (including phenoxy) is 1. The lowest BCUT2D eigenvalue weighted by Crippen LogP contribution is -2.32. The molecule has 1 aliphatic carbocycles. The Morgan fingerprint density at radius 3 is 2.67 bits per heavy atom. The second kappa shape index (κ2) is 5.67. The molecular weight excluding hydrogens is 288 g/mol. The minimum atomic E-state index is -0.618. The van der Waals surface area contributed by atoms with Crippen LogP contribution in [-0.4, -0.2) is 19.1 Å². The normalized spacial score (nSPS) is 24.1. The first-order valence-electron chi connectivity index (χ1n) is 7.18. The molecule has 2 fully saturated rings. The van der Waals surface area contributed by atoms with E-state index in [9.17, 15) is 10.1 Å². The summed E-state index contributed by atoms with van der Waals surface area (Å²) in [5, 5.41) is 12.8. The zero-order valence-electron chi connectivity index (χ0n) is 11.6. The largest absolute Gasteiger partial charge is 0.381 e. The van der Waals surface area contributed by atoms with Crippen molar-refractivity contribution in [2.45, 2.75) is 25.3 Å². The van der Waals surface area contributed by atoms with Crippen molar-refractivity contribution in [1.29, 1.82) is 5.26 Å². The van der Waals surface area contributed by atoms with Gasteiger partial charge in [-0.3, -0.25) is 4.79 Å². The quantitative estimate of drug-likeness (QED) is 0.934. The Kier molecular flexibility index (Phi) is 3.88. The predicted molar refractivity (Wildman–Crippen MR) is 78.5 cm³/mol. The fourth-order valence-electron chi connectivity index (χ4n) is 3.14. The minimum absolute atomic E-state index is 0.0154. The third kappa shape index (κ3) is 2.90. The van der Waals surface area contributed by atoms with Crippen LogP contribution in [0.5, 0.6) is 0 Å². The van der Waals surface area contributed by atoms with Crippen LogP contribution in [0.2, 0.25) is 5.02 Å². The first kappa shape index (κ1) is 14.4. The van der Waals surface area contributed by atoms with Gasteiger partial charge >= 0.3 is 0 Å². The van der Waals surface area contributed by atoms with E-state index in [4.69, 9.17) is 16.3 Å². The second-order valence-corrected chi connectivity index (χ2v) is 6.29. The zero-order chi connectivity index (χ0) is 14.9. The van der Waals surface area contributed by atoms with Crippen LogP contribution < -0.4 is 5.32 Å². The van der Waals surface area contributed by atoms with Gasteiger partial charge in [0, 0.05) is 24.2 Å². The molecule has 1 saturated carbocycles. The van der Waals surface area contributed by atoms with Gasteiger partial charge in [0.2, 0.25) is 5.91 Å². The molecule has 5 heteroatoms. The predicted octanol–water partition coefficient (Wildman–Crippen LogP) is 2.84. The molecule has 1 spiro atoms. The van der Waals surface area contributed by atoms with Crippen molar-refractivity contribution in [3.8, 4) is 6.07 Å². The van der Waals surface area contributed by atoms with Crippen LogP contribution in [0.15, 0.2) is 24.3 Å². The van der Waals surface area contributed by atoms with Crippen molar-refractivity contribution in [2.75, 3.05) is 13.2 Å². The zero-order valence-corrected chi connectivity index (χ0v) is 12.4. The van der Waals surface area contributed by atoms with Crippen molar-refractivity contribution < 1.29 is 9.53 Å². The fraction of sp³-hybridized carbons (Fsp3) is 0.500. The fourth-order valence-corrected chi connectivity index (χ4v) is 3.26. The number of nitrogens with one attached hydrogen (secondary N) is 1. The molecule has 2 atom stereocenters. The van der Waals surface area contributed by atoms with Crippen LogP contribution in [0.3, 0.4) is 0 Å². The van der Waals surface area contributed by atoms with Gasteiger partial charge in [-0.25, -0.2) is 0 Å². The summed E-state index contributed by atoms with van der Waals surface area (Å²) >= 11 is 5.84. The van der Waals surface area contributed by atoms with E-state index in [2.05, 4.69) is 11.4 Å². The highest BCUT2D eigenvalue weighted by Crippen LogP contribution is 2.59. The molecule has 1 heterocycles. The Bertz CT molecular complexity index is 573. The summed E-state index contributed by atoms with van der Waals surface area (Å²) in [5.74, 6) is 0.0166. The Labute approximate surface area is 129 Å². The number of halogens is 1. The molecule has 0 bridgehead atoms. The molecule has 21 heavy (non-hydrogen) atoms. The van der Waals surface area contributed by atoms with Gasteiger partial charge in [-0.2, -0.15) is 5.26 Å². The van der Waals surface area contributed by atoms with E-state index in [-0.39, 0.29) is 17.2 Å². The average molecular weight is 305 g/mol. The summed E-state index contributed by atoms with van der Waals surface area (Å²) in [6, 6.07) is 8.52. The van der Waals surface area contributed by atoms with Crippen LogP contribution >= 0.6 is 11.6 Å². The van der Waals surface area contributed by atoms with E-state index < -0.39 is 6.04 Å². The number of nitriles is 1. The maximum Gasteiger partial charge on any atom is 0.224 e. The molecule has 0 aromatic heterocycles. The third-order valence-electron chi connectivity index (χ3n) is 4.61. The molecule has 1 saturated heterocycles. The van der Waals surface area contributed by atoms with E-state index in [0.717, 1.165) is 38.0 Å². The van der Waals surface area contributed by atoms with Gasteiger partial charge in [0.1, 0.15) is 6.04 Å². The van der Waals surface area contributed by atoms with E-state index in [0.29, 0.717) is 5.02 Å². The number of amides is 1. The molecule has 2 aliphatic rings. The molecule has 1 N–H and O–H groups in total. The summed E-state index contributed by atoms with van der Waals surface area (Å²) in [5.41, 5.74) is 0.888. The van der Waals surface area contributed by atoms with Crippen LogP contribution in [0.1, 0.15) is 30.9 Å². The number of nitrogens with zero attached hydrogens (tertiary/aromatic N) is 1. The molecule has 1 aromatic rings. The lowest BCUT2D eigenvalue weighted by atomic mass is 9.93. The Morgan fingerprint density at radius 2 is 2.05 bits per heavy atom. The van der Waals surface area contributed by atoms with Crippen LogP contribution in [0.25, 0.3) is 0 Å². The monoisotopic (exact) mass is 304 g/mol. The van der Waals surface area contributed by atoms with E-state index in [1.54, 1.807) is 24.3 Å². The van der Waals surface area contributed by atoms with Gasteiger partial charge in [0.15, 0.2) is 0 Å². The van der Waals surface area contributed by atoms with Gasteiger partial charge in [-0.1, -0.05) is 23.7 Å². The lowest BCUT2D eigenvalue weighted by molar-refractivity contribution is -0.124. The molecule has 110 valence electrons. The van der Waals surface area contributed by atoms with E-state index in [1.807, 2.05) is 0 Å². The summed E-state index contributed by atoms with van der Waals surface area (Å²) in [7, 11) is 0. The Balaban J connectivity index is 1.64. The van der Waals surface area contributed by atoms with E-state index >= 15 is 0 Å². The average Bonchev–Trinajstić information content (AvgIpc) is 3.20. The molecule has 1 aromatic carbocycles. The van der Waals surface area contributed by atoms with Gasteiger partial charge in [0.25, 0.3) is 0 Å². The van der Waals surface area contributed by atoms with Crippen molar-refractivity contribution in [3.05, 3.63) is 34.9 Å². The van der Waals surface area contributed by atoms with Crippen molar-refractivity contribution in [1.82, 2.24) is 5.32 Å². The number of hydrogen-bond donors (Lipinski definition) is 1. The molecule has 0 unspecified atom stereocenters. The van der Waals surface area contributed by atoms with Crippen LogP contribution in [0.4, 0.5) is 0 Å². The summed E-state index contributed by atoms with van der Waals surface area (Å²) in [4.78, 5) is 12.4. The summed E-state index contributed by atoms with van der Waals surface area (Å²) in [6.07, 6.45) is 2.81. The van der Waals surface area contributed by atoms with Gasteiger partial charge < -0.3 is 10.1 Å². The number of carbonyl (C=O) groups excluding carboxylic acids is 1. The Hall–Kier alpha value is -1.57. The van der Waals surface area contributed by atoms with Gasteiger partial charge in [-0.15, -0.1) is 0 Å². The van der Waals surface area contributed by atoms with Gasteiger partial charge in [0.05, 0.1) is 6.07 Å². The first-order chi connectivity index (χ1) is 10.1. The van der Waals surface area contributed by atoms with Crippen molar-refractivity contribution in [2.24, 2.45) is 11.3 Å². The third-order valence-corrected chi connectivity index (χ3v) is 4.87.